The average Bonchev–Trinajstić information content (AvgIpc) is 1.76. The second-order valence-electron chi connectivity index (χ2n) is 0.676. The molecule has 0 unspecified atom stereocenters. The van der Waals surface area contributed by atoms with Gasteiger partial charge in [-0.3, -0.25) is 4.98 Å². The van der Waals surface area contributed by atoms with Gasteiger partial charge in [0, 0.05) is 11.6 Å². The number of hydrogen-bond acceptors (Lipinski definition) is 2. The third-order valence-corrected chi connectivity index (χ3v) is 0.869. The van der Waals surface area contributed by atoms with Gasteiger partial charge in [-0.2, -0.15) is 0 Å². The highest BCUT2D eigenvalue weighted by Gasteiger charge is 1.59. The Kier molecular flexibility index (Phi) is 20.1. The third-order valence-electron chi connectivity index (χ3n) is 0.347. The molecule has 1 aromatic rings. The first-order valence-corrected chi connectivity index (χ1v) is 2.26. The average molecular weight is 176 g/mol. The summed E-state index contributed by atoms with van der Waals surface area (Å²) in [4.78, 5) is 3.74. The largest absolute Gasteiger partial charge is 0.412 e. The lowest BCUT2D eigenvalue weighted by atomic mass is 11.0. The molecule has 0 atom stereocenters. The smallest absolute Gasteiger partial charge is 0.0791 e. The first-order chi connectivity index (χ1) is 2.50. The maximum atomic E-state index is 3.74. The van der Waals surface area contributed by atoms with E-state index in [1.54, 1.807) is 23.0 Å². The number of nitrogens with zero attached hydrogens (tertiary/aromatic N) is 1. The molecule has 1 rings (SSSR count). The SMILES string of the molecule is Cl.Cl.O.c1cscn1. The van der Waals surface area contributed by atoms with E-state index in [0.29, 0.717) is 0 Å². The minimum Gasteiger partial charge on any atom is -0.412 e. The van der Waals surface area contributed by atoms with Crippen molar-refractivity contribution in [1.29, 1.82) is 0 Å². The van der Waals surface area contributed by atoms with Gasteiger partial charge in [0.2, 0.25) is 0 Å². The highest BCUT2D eigenvalue weighted by Crippen LogP contribution is 1.85. The van der Waals surface area contributed by atoms with E-state index in [9.17, 15) is 0 Å². The Balaban J connectivity index is -0.0000000833. The fraction of sp³-hybridized carbons (Fsp3) is 0. The van der Waals surface area contributed by atoms with Gasteiger partial charge in [-0.05, 0) is 0 Å². The summed E-state index contributed by atoms with van der Waals surface area (Å²) in [5.41, 5.74) is 1.79. The lowest BCUT2D eigenvalue weighted by Crippen LogP contribution is -1.38. The van der Waals surface area contributed by atoms with Crippen LogP contribution in [-0.4, -0.2) is 10.5 Å². The quantitative estimate of drug-likeness (QED) is 0.584. The molecule has 0 saturated carbocycles. The van der Waals surface area contributed by atoms with E-state index < -0.39 is 0 Å². The molecule has 0 aliphatic carbocycles. The molecule has 0 aliphatic rings. The van der Waals surface area contributed by atoms with Crippen LogP contribution in [0.3, 0.4) is 0 Å². The van der Waals surface area contributed by atoms with E-state index in [4.69, 9.17) is 0 Å². The van der Waals surface area contributed by atoms with Crippen LogP contribution in [-0.2, 0) is 0 Å². The van der Waals surface area contributed by atoms with Crippen LogP contribution in [0, 0.1) is 0 Å². The molecule has 0 aliphatic heterocycles. The zero-order chi connectivity index (χ0) is 3.54. The Morgan fingerprint density at radius 1 is 1.25 bits per heavy atom. The first-order valence-electron chi connectivity index (χ1n) is 1.32. The van der Waals surface area contributed by atoms with Crippen molar-refractivity contribution in [2.45, 2.75) is 0 Å². The second kappa shape index (κ2) is 10.2. The maximum Gasteiger partial charge on any atom is 0.0791 e. The number of hydrogen-bond donors (Lipinski definition) is 0. The molecule has 1 aromatic heterocycles. The Hall–Kier alpha value is 0.170. The van der Waals surface area contributed by atoms with E-state index in [1.165, 1.54) is 0 Å². The summed E-state index contributed by atoms with van der Waals surface area (Å²) in [6.45, 7) is 0. The lowest BCUT2D eigenvalue weighted by molar-refractivity contribution is 0.824. The van der Waals surface area contributed by atoms with Crippen LogP contribution < -0.4 is 0 Å². The number of halogens is 2. The zero-order valence-electron chi connectivity index (χ0n) is 3.90. The highest BCUT2D eigenvalue weighted by molar-refractivity contribution is 7.07. The van der Waals surface area contributed by atoms with E-state index in [2.05, 4.69) is 4.98 Å². The molecule has 8 heavy (non-hydrogen) atoms. The van der Waals surface area contributed by atoms with Crippen molar-refractivity contribution in [3.63, 3.8) is 0 Å². The lowest BCUT2D eigenvalue weighted by Gasteiger charge is -1.41. The topological polar surface area (TPSA) is 44.4 Å². The summed E-state index contributed by atoms with van der Waals surface area (Å²) in [6.07, 6.45) is 1.77. The first kappa shape index (κ1) is 15.7. The summed E-state index contributed by atoms with van der Waals surface area (Å²) in [7, 11) is 0. The molecule has 0 fully saturated rings. The van der Waals surface area contributed by atoms with Gasteiger partial charge in [-0.1, -0.05) is 0 Å². The van der Waals surface area contributed by atoms with Gasteiger partial charge in [0.25, 0.3) is 0 Å². The van der Waals surface area contributed by atoms with Gasteiger partial charge in [-0.15, -0.1) is 36.2 Å². The Morgan fingerprint density at radius 2 is 1.88 bits per heavy atom. The molecule has 1 heterocycles. The summed E-state index contributed by atoms with van der Waals surface area (Å²) >= 11 is 1.60. The molecule has 0 bridgehead atoms. The van der Waals surface area contributed by atoms with Crippen molar-refractivity contribution in [3.05, 3.63) is 17.1 Å². The third kappa shape index (κ3) is 6.17. The predicted octanol–water partition coefficient (Wildman–Crippen LogP) is 1.16. The van der Waals surface area contributed by atoms with E-state index in [-0.39, 0.29) is 30.3 Å². The van der Waals surface area contributed by atoms with Crippen molar-refractivity contribution in [3.8, 4) is 0 Å². The van der Waals surface area contributed by atoms with E-state index in [1.807, 2.05) is 5.38 Å². The molecule has 5 heteroatoms. The van der Waals surface area contributed by atoms with Crippen LogP contribution in [0.4, 0.5) is 0 Å². The minimum atomic E-state index is 0. The predicted molar refractivity (Wildman–Crippen MR) is 40.2 cm³/mol. The molecular weight excluding hydrogens is 169 g/mol. The summed E-state index contributed by atoms with van der Waals surface area (Å²) in [5.74, 6) is 0. The highest BCUT2D eigenvalue weighted by atomic mass is 35.5. The second-order valence-corrected chi connectivity index (χ2v) is 1.43. The molecule has 0 radical (unpaired) electrons. The minimum absolute atomic E-state index is 0. The van der Waals surface area contributed by atoms with Gasteiger partial charge in [-0.25, -0.2) is 0 Å². The van der Waals surface area contributed by atoms with Crippen molar-refractivity contribution in [2.24, 2.45) is 0 Å². The van der Waals surface area contributed by atoms with Crippen LogP contribution >= 0.6 is 36.2 Å². The zero-order valence-corrected chi connectivity index (χ0v) is 6.35. The van der Waals surface area contributed by atoms with E-state index in [0.717, 1.165) is 0 Å². The van der Waals surface area contributed by atoms with Gasteiger partial charge >= 0.3 is 0 Å². The van der Waals surface area contributed by atoms with Gasteiger partial charge in [0.15, 0.2) is 0 Å². The van der Waals surface area contributed by atoms with Crippen LogP contribution in [0.1, 0.15) is 0 Å². The van der Waals surface area contributed by atoms with Gasteiger partial charge in [0.05, 0.1) is 5.51 Å². The standard InChI is InChI=1S/C3H3NS.2ClH.H2O/c1-2-5-3-4-1;;;/h1-3H;2*1H;1H2. The van der Waals surface area contributed by atoms with Crippen LogP contribution in [0.15, 0.2) is 17.1 Å². The molecule has 2 nitrogen and oxygen atoms in total. The molecule has 0 aromatic carbocycles. The van der Waals surface area contributed by atoms with Crippen molar-refractivity contribution >= 4 is 36.2 Å². The van der Waals surface area contributed by atoms with Crippen molar-refractivity contribution in [1.82, 2.24) is 4.98 Å². The number of thiazole rings is 1. The van der Waals surface area contributed by atoms with Gasteiger partial charge in [0.1, 0.15) is 0 Å². The molecule has 0 spiro atoms. The number of rotatable bonds is 0. The molecule has 2 N–H and O–H groups in total. The summed E-state index contributed by atoms with van der Waals surface area (Å²) in [6, 6.07) is 0. The molecule has 0 amide bonds. The van der Waals surface area contributed by atoms with Crippen molar-refractivity contribution in [2.75, 3.05) is 0 Å². The van der Waals surface area contributed by atoms with Gasteiger partial charge < -0.3 is 5.48 Å². The van der Waals surface area contributed by atoms with E-state index >= 15 is 0 Å². The summed E-state index contributed by atoms with van der Waals surface area (Å²) < 4.78 is 0. The van der Waals surface area contributed by atoms with Crippen molar-refractivity contribution < 1.29 is 5.48 Å². The monoisotopic (exact) mass is 175 g/mol. The normalized spacial score (nSPS) is 5.00. The maximum absolute atomic E-state index is 3.74. The Labute approximate surface area is 64.1 Å². The van der Waals surface area contributed by atoms with Crippen LogP contribution in [0.2, 0.25) is 0 Å². The molecule has 50 valence electrons. The summed E-state index contributed by atoms with van der Waals surface area (Å²) in [5, 5.41) is 1.93. The Morgan fingerprint density at radius 3 is 2.00 bits per heavy atom. The number of aromatic nitrogens is 1. The Bertz CT molecular complexity index is 73.8. The fourth-order valence-electron chi connectivity index (χ4n) is 0.176. The van der Waals surface area contributed by atoms with Crippen LogP contribution in [0.25, 0.3) is 0 Å². The fourth-order valence-corrected chi connectivity index (χ4v) is 0.527. The van der Waals surface area contributed by atoms with Crippen LogP contribution in [0.5, 0.6) is 0 Å². The molecular formula is C3H7Cl2NOS. The molecule has 0 saturated heterocycles.